The zero-order chi connectivity index (χ0) is 21.8. The van der Waals surface area contributed by atoms with Gasteiger partial charge in [0.05, 0.1) is 18.2 Å². The standard InChI is InChI=1S/C21H26ClFN4O2/c1-6-25-20(24)27(4)19(28)21(2,3)15-12-14(8-9-16(15)23)26-17-10-7-13(22)11-18(17)29-5/h7-12,26H,6H2,1-5H3,(H2,24,25). The van der Waals surface area contributed by atoms with E-state index in [1.807, 2.05) is 6.92 Å². The lowest BCUT2D eigenvalue weighted by atomic mass is 9.82. The van der Waals surface area contributed by atoms with Crippen LogP contribution in [0.2, 0.25) is 5.02 Å². The minimum atomic E-state index is -1.17. The Hall–Kier alpha value is -2.80. The van der Waals surface area contributed by atoms with Gasteiger partial charge in [0.1, 0.15) is 11.6 Å². The first-order valence-electron chi connectivity index (χ1n) is 9.10. The van der Waals surface area contributed by atoms with Gasteiger partial charge in [0, 0.05) is 35.9 Å². The van der Waals surface area contributed by atoms with Crippen molar-refractivity contribution in [3.63, 3.8) is 0 Å². The summed E-state index contributed by atoms with van der Waals surface area (Å²) in [5.74, 6) is -0.225. The molecule has 2 aromatic carbocycles. The normalized spacial score (nSPS) is 11.9. The predicted octanol–water partition coefficient (Wildman–Crippen LogP) is 4.30. The lowest BCUT2D eigenvalue weighted by Gasteiger charge is -2.30. The molecular formula is C21H26ClFN4O2. The first-order valence-corrected chi connectivity index (χ1v) is 9.48. The van der Waals surface area contributed by atoms with E-state index in [2.05, 4.69) is 10.3 Å². The Morgan fingerprint density at radius 1 is 1.31 bits per heavy atom. The summed E-state index contributed by atoms with van der Waals surface area (Å²) in [6.45, 7) is 5.56. The molecule has 0 aliphatic carbocycles. The molecule has 2 rings (SSSR count). The van der Waals surface area contributed by atoms with Gasteiger partial charge in [0.2, 0.25) is 5.91 Å². The Labute approximate surface area is 175 Å². The molecule has 156 valence electrons. The van der Waals surface area contributed by atoms with Crippen LogP contribution in [0.5, 0.6) is 5.75 Å². The lowest BCUT2D eigenvalue weighted by Crippen LogP contribution is -2.47. The van der Waals surface area contributed by atoms with Crippen LogP contribution in [-0.4, -0.2) is 37.5 Å². The summed E-state index contributed by atoms with van der Waals surface area (Å²) in [7, 11) is 3.06. The van der Waals surface area contributed by atoms with Crippen LogP contribution < -0.4 is 15.8 Å². The monoisotopic (exact) mass is 420 g/mol. The maximum Gasteiger partial charge on any atom is 0.239 e. The van der Waals surface area contributed by atoms with Crippen molar-refractivity contribution in [1.82, 2.24) is 4.90 Å². The van der Waals surface area contributed by atoms with E-state index in [4.69, 9.17) is 22.1 Å². The van der Waals surface area contributed by atoms with Gasteiger partial charge in [-0.3, -0.25) is 14.7 Å². The van der Waals surface area contributed by atoms with Crippen LogP contribution in [0.3, 0.4) is 0 Å². The number of anilines is 2. The molecule has 0 spiro atoms. The van der Waals surface area contributed by atoms with Gasteiger partial charge in [0.25, 0.3) is 0 Å². The number of benzene rings is 2. The summed E-state index contributed by atoms with van der Waals surface area (Å²) in [4.78, 5) is 18.3. The Balaban J connectivity index is 2.39. The number of amides is 1. The third-order valence-corrected chi connectivity index (χ3v) is 4.82. The molecule has 2 aromatic rings. The second-order valence-corrected chi connectivity index (χ2v) is 7.42. The smallest absolute Gasteiger partial charge is 0.239 e. The predicted molar refractivity (Wildman–Crippen MR) is 116 cm³/mol. The average molecular weight is 421 g/mol. The van der Waals surface area contributed by atoms with Crippen LogP contribution in [0, 0.1) is 5.82 Å². The summed E-state index contributed by atoms with van der Waals surface area (Å²) >= 11 is 6.00. The summed E-state index contributed by atoms with van der Waals surface area (Å²) in [6, 6.07) is 9.66. The first kappa shape index (κ1) is 22.5. The third kappa shape index (κ3) is 4.98. The maximum atomic E-state index is 14.7. The molecule has 0 saturated carbocycles. The lowest BCUT2D eigenvalue weighted by molar-refractivity contribution is -0.131. The van der Waals surface area contributed by atoms with Gasteiger partial charge in [-0.1, -0.05) is 11.6 Å². The van der Waals surface area contributed by atoms with Crippen molar-refractivity contribution in [1.29, 1.82) is 0 Å². The Morgan fingerprint density at radius 3 is 2.62 bits per heavy atom. The SMILES string of the molecule is CCN=C(N)N(C)C(=O)C(C)(C)c1cc(Nc2ccc(Cl)cc2OC)ccc1F. The molecule has 0 bridgehead atoms. The average Bonchev–Trinajstić information content (AvgIpc) is 2.69. The second-order valence-electron chi connectivity index (χ2n) is 6.99. The van der Waals surface area contributed by atoms with Crippen molar-refractivity contribution in [2.24, 2.45) is 10.7 Å². The van der Waals surface area contributed by atoms with Crippen molar-refractivity contribution in [2.75, 3.05) is 26.0 Å². The number of carbonyl (C=O) groups excluding carboxylic acids is 1. The molecule has 1 amide bonds. The number of ether oxygens (including phenoxy) is 1. The van der Waals surface area contributed by atoms with Crippen LogP contribution in [-0.2, 0) is 10.2 Å². The highest BCUT2D eigenvalue weighted by molar-refractivity contribution is 6.30. The summed E-state index contributed by atoms with van der Waals surface area (Å²) in [5.41, 5.74) is 6.16. The number of aliphatic imine (C=N–C) groups is 1. The molecule has 0 aliphatic rings. The summed E-state index contributed by atoms with van der Waals surface area (Å²) in [6.07, 6.45) is 0. The van der Waals surface area contributed by atoms with E-state index < -0.39 is 11.2 Å². The molecule has 0 radical (unpaired) electrons. The fourth-order valence-electron chi connectivity index (χ4n) is 2.91. The number of guanidine groups is 1. The van der Waals surface area contributed by atoms with Crippen molar-refractivity contribution in [3.8, 4) is 5.75 Å². The van der Waals surface area contributed by atoms with Crippen molar-refractivity contribution < 1.29 is 13.9 Å². The number of nitrogens with zero attached hydrogens (tertiary/aromatic N) is 2. The number of likely N-dealkylation sites (N-methyl/N-ethyl adjacent to an activating group) is 1. The van der Waals surface area contributed by atoms with Gasteiger partial charge in [-0.2, -0.15) is 0 Å². The fourth-order valence-corrected chi connectivity index (χ4v) is 3.07. The van der Waals surface area contributed by atoms with E-state index in [-0.39, 0.29) is 17.4 Å². The second kappa shape index (κ2) is 9.13. The largest absolute Gasteiger partial charge is 0.495 e. The van der Waals surface area contributed by atoms with Crippen molar-refractivity contribution in [3.05, 3.63) is 52.8 Å². The highest BCUT2D eigenvalue weighted by Crippen LogP contribution is 2.34. The number of nitrogens with two attached hydrogens (primary N) is 1. The minimum Gasteiger partial charge on any atom is -0.495 e. The van der Waals surface area contributed by atoms with Crippen LogP contribution >= 0.6 is 11.6 Å². The maximum absolute atomic E-state index is 14.7. The number of methoxy groups -OCH3 is 1. The highest BCUT2D eigenvalue weighted by Gasteiger charge is 2.36. The molecule has 0 heterocycles. The van der Waals surface area contributed by atoms with E-state index >= 15 is 0 Å². The number of halogens is 2. The molecule has 0 aromatic heterocycles. The minimum absolute atomic E-state index is 0.0890. The number of hydrogen-bond acceptors (Lipinski definition) is 4. The molecule has 8 heteroatoms. The summed E-state index contributed by atoms with van der Waals surface area (Å²) in [5, 5.41) is 3.71. The molecule has 29 heavy (non-hydrogen) atoms. The first-order chi connectivity index (χ1) is 13.6. The van der Waals surface area contributed by atoms with Gasteiger partial charge >= 0.3 is 0 Å². The molecule has 0 fully saturated rings. The number of carbonyl (C=O) groups is 1. The number of rotatable bonds is 6. The van der Waals surface area contributed by atoms with Gasteiger partial charge < -0.3 is 15.8 Å². The van der Waals surface area contributed by atoms with E-state index in [0.717, 1.165) is 0 Å². The Bertz CT molecular complexity index is 931. The van der Waals surface area contributed by atoms with Gasteiger partial charge in [-0.15, -0.1) is 0 Å². The van der Waals surface area contributed by atoms with Crippen molar-refractivity contribution in [2.45, 2.75) is 26.2 Å². The van der Waals surface area contributed by atoms with E-state index in [1.54, 1.807) is 44.2 Å². The zero-order valence-corrected chi connectivity index (χ0v) is 18.0. The molecule has 3 N–H and O–H groups in total. The summed E-state index contributed by atoms with van der Waals surface area (Å²) < 4.78 is 20.0. The Morgan fingerprint density at radius 2 is 2.00 bits per heavy atom. The fraction of sp³-hybridized carbons (Fsp3) is 0.333. The van der Waals surface area contributed by atoms with Crippen molar-refractivity contribution >= 4 is 34.8 Å². The van der Waals surface area contributed by atoms with Crippen LogP contribution in [0.15, 0.2) is 41.4 Å². The third-order valence-electron chi connectivity index (χ3n) is 4.59. The zero-order valence-electron chi connectivity index (χ0n) is 17.2. The van der Waals surface area contributed by atoms with E-state index in [9.17, 15) is 9.18 Å². The van der Waals surface area contributed by atoms with Gasteiger partial charge in [-0.25, -0.2) is 4.39 Å². The molecule has 6 nitrogen and oxygen atoms in total. The number of hydrogen-bond donors (Lipinski definition) is 2. The van der Waals surface area contributed by atoms with Crippen LogP contribution in [0.25, 0.3) is 0 Å². The molecule has 0 unspecified atom stereocenters. The number of nitrogens with one attached hydrogen (secondary N) is 1. The van der Waals surface area contributed by atoms with Gasteiger partial charge in [-0.05, 0) is 51.1 Å². The Kier molecular flexibility index (Phi) is 7.08. The van der Waals surface area contributed by atoms with Crippen LogP contribution in [0.1, 0.15) is 26.3 Å². The highest BCUT2D eigenvalue weighted by atomic mass is 35.5. The van der Waals surface area contributed by atoms with Gasteiger partial charge in [0.15, 0.2) is 5.96 Å². The van der Waals surface area contributed by atoms with Crippen LogP contribution in [0.4, 0.5) is 15.8 Å². The van der Waals surface area contributed by atoms with E-state index in [1.165, 1.54) is 25.1 Å². The quantitative estimate of drug-likeness (QED) is 0.539. The van der Waals surface area contributed by atoms with E-state index in [0.29, 0.717) is 28.7 Å². The molecule has 0 atom stereocenters. The molecule has 0 saturated heterocycles. The molecule has 0 aliphatic heterocycles. The topological polar surface area (TPSA) is 80.0 Å². The molecular weight excluding hydrogens is 395 g/mol.